The summed E-state index contributed by atoms with van der Waals surface area (Å²) in [5.74, 6) is 1.53. The number of morpholine rings is 1. The first-order chi connectivity index (χ1) is 17.1. The number of aliphatic hydroxyl groups is 1. The standard InChI is InChI=1S/C25H28N8O2/c1-15-14-35-10-9-33(15)22-11-19(18-3-6-26-24(23(18)30-22)21-4-7-28-31-21)20-12-27-25(29-16(20)2)32-8-5-17(34)13-32/h3-4,6-7,11-12,15,17,34H,5,8-10,13-14H2,1-2H3,(H,28,31)/t15-,17-/m1/s1. The van der Waals surface area contributed by atoms with E-state index in [1.807, 2.05) is 30.2 Å². The predicted molar refractivity (Wildman–Crippen MR) is 133 cm³/mol. The van der Waals surface area contributed by atoms with E-state index in [1.54, 1.807) is 12.4 Å². The van der Waals surface area contributed by atoms with Gasteiger partial charge in [0.05, 0.1) is 36.7 Å². The molecule has 0 spiro atoms. The Labute approximate surface area is 203 Å². The van der Waals surface area contributed by atoms with Gasteiger partial charge in [-0.05, 0) is 44.0 Å². The number of nitrogens with zero attached hydrogens (tertiary/aromatic N) is 7. The zero-order valence-corrected chi connectivity index (χ0v) is 19.8. The van der Waals surface area contributed by atoms with E-state index >= 15 is 0 Å². The number of fused-ring (bicyclic) bond motifs is 1. The molecule has 10 heteroatoms. The van der Waals surface area contributed by atoms with Crippen LogP contribution in [0.15, 0.2) is 36.8 Å². The predicted octanol–water partition coefficient (Wildman–Crippen LogP) is 2.58. The summed E-state index contributed by atoms with van der Waals surface area (Å²) in [6, 6.07) is 6.23. The van der Waals surface area contributed by atoms with Gasteiger partial charge in [-0.25, -0.2) is 15.0 Å². The van der Waals surface area contributed by atoms with E-state index in [2.05, 4.69) is 38.1 Å². The minimum Gasteiger partial charge on any atom is -0.391 e. The molecule has 2 aliphatic heterocycles. The van der Waals surface area contributed by atoms with Crippen LogP contribution in [0, 0.1) is 6.92 Å². The van der Waals surface area contributed by atoms with E-state index in [-0.39, 0.29) is 12.1 Å². The summed E-state index contributed by atoms with van der Waals surface area (Å²) in [6.45, 7) is 7.58. The molecule has 2 atom stereocenters. The van der Waals surface area contributed by atoms with Gasteiger partial charge < -0.3 is 19.6 Å². The molecule has 0 radical (unpaired) electrons. The van der Waals surface area contributed by atoms with Crippen LogP contribution in [0.1, 0.15) is 19.0 Å². The van der Waals surface area contributed by atoms with Gasteiger partial charge in [0, 0.05) is 49.2 Å². The first kappa shape index (κ1) is 21.9. The Morgan fingerprint density at radius 3 is 2.77 bits per heavy atom. The number of pyridine rings is 2. The third-order valence-corrected chi connectivity index (χ3v) is 6.83. The molecule has 35 heavy (non-hydrogen) atoms. The van der Waals surface area contributed by atoms with Crippen LogP contribution in [0.2, 0.25) is 0 Å². The minimum absolute atomic E-state index is 0.204. The van der Waals surface area contributed by atoms with E-state index in [0.29, 0.717) is 25.7 Å². The molecule has 2 N–H and O–H groups in total. The first-order valence-electron chi connectivity index (χ1n) is 12.0. The van der Waals surface area contributed by atoms with Gasteiger partial charge in [-0.2, -0.15) is 5.10 Å². The molecule has 6 heterocycles. The number of aromatic nitrogens is 6. The molecule has 4 aromatic rings. The van der Waals surface area contributed by atoms with Crippen LogP contribution in [-0.2, 0) is 4.74 Å². The van der Waals surface area contributed by atoms with Gasteiger partial charge in [-0.15, -0.1) is 0 Å². The monoisotopic (exact) mass is 472 g/mol. The fourth-order valence-corrected chi connectivity index (χ4v) is 4.96. The first-order valence-corrected chi connectivity index (χ1v) is 12.0. The lowest BCUT2D eigenvalue weighted by molar-refractivity contribution is 0.0986. The Hall–Kier alpha value is -3.63. The van der Waals surface area contributed by atoms with Crippen molar-refractivity contribution in [1.29, 1.82) is 0 Å². The highest BCUT2D eigenvalue weighted by molar-refractivity contribution is 6.01. The second-order valence-electron chi connectivity index (χ2n) is 9.23. The summed E-state index contributed by atoms with van der Waals surface area (Å²) < 4.78 is 5.67. The molecular weight excluding hydrogens is 444 g/mol. The van der Waals surface area contributed by atoms with Crippen molar-refractivity contribution in [3.05, 3.63) is 42.5 Å². The highest BCUT2D eigenvalue weighted by atomic mass is 16.5. The van der Waals surface area contributed by atoms with E-state index in [1.165, 1.54) is 0 Å². The lowest BCUT2D eigenvalue weighted by Crippen LogP contribution is -2.44. The summed E-state index contributed by atoms with van der Waals surface area (Å²) in [5.41, 5.74) is 5.21. The minimum atomic E-state index is -0.325. The van der Waals surface area contributed by atoms with Crippen molar-refractivity contribution < 1.29 is 9.84 Å². The zero-order chi connectivity index (χ0) is 23.9. The fourth-order valence-electron chi connectivity index (χ4n) is 4.96. The van der Waals surface area contributed by atoms with Crippen LogP contribution in [0.5, 0.6) is 0 Å². The maximum absolute atomic E-state index is 9.93. The van der Waals surface area contributed by atoms with Gasteiger partial charge in [0.15, 0.2) is 0 Å². The van der Waals surface area contributed by atoms with Crippen molar-refractivity contribution in [3.8, 4) is 22.5 Å². The van der Waals surface area contributed by atoms with Crippen molar-refractivity contribution in [2.75, 3.05) is 42.6 Å². The summed E-state index contributed by atoms with van der Waals surface area (Å²) in [4.78, 5) is 23.6. The van der Waals surface area contributed by atoms with Gasteiger partial charge in [0.2, 0.25) is 5.95 Å². The Kier molecular flexibility index (Phi) is 5.54. The number of hydrogen-bond donors (Lipinski definition) is 2. The highest BCUT2D eigenvalue weighted by Gasteiger charge is 2.25. The lowest BCUT2D eigenvalue weighted by atomic mass is 10.00. The number of nitrogens with one attached hydrogen (secondary N) is 1. The molecule has 4 aromatic heterocycles. The average Bonchev–Trinajstić information content (AvgIpc) is 3.56. The topological polar surface area (TPSA) is 116 Å². The smallest absolute Gasteiger partial charge is 0.225 e. The SMILES string of the molecule is Cc1nc(N2CC[C@@H](O)C2)ncc1-c1cc(N2CCOC[C@H]2C)nc2c(-c3ccn[nH]3)nccc12. The van der Waals surface area contributed by atoms with Crippen molar-refractivity contribution in [1.82, 2.24) is 30.1 Å². The van der Waals surface area contributed by atoms with Crippen molar-refractivity contribution in [2.24, 2.45) is 0 Å². The second-order valence-corrected chi connectivity index (χ2v) is 9.23. The molecule has 0 amide bonds. The van der Waals surface area contributed by atoms with Crippen LogP contribution in [0.4, 0.5) is 11.8 Å². The summed E-state index contributed by atoms with van der Waals surface area (Å²) in [6.07, 6.45) is 5.83. The van der Waals surface area contributed by atoms with E-state index in [0.717, 1.165) is 64.4 Å². The lowest BCUT2D eigenvalue weighted by Gasteiger charge is -2.34. The molecule has 0 unspecified atom stereocenters. The molecule has 0 aliphatic carbocycles. The van der Waals surface area contributed by atoms with Gasteiger partial charge in [0.25, 0.3) is 0 Å². The molecule has 2 aliphatic rings. The van der Waals surface area contributed by atoms with E-state index in [4.69, 9.17) is 14.7 Å². The number of anilines is 2. The summed E-state index contributed by atoms with van der Waals surface area (Å²) >= 11 is 0. The molecule has 2 fully saturated rings. The molecule has 0 bridgehead atoms. The van der Waals surface area contributed by atoms with Crippen LogP contribution in [0.25, 0.3) is 33.4 Å². The van der Waals surface area contributed by atoms with Crippen LogP contribution in [0.3, 0.4) is 0 Å². The van der Waals surface area contributed by atoms with Crippen molar-refractivity contribution in [2.45, 2.75) is 32.4 Å². The molecule has 2 saturated heterocycles. The van der Waals surface area contributed by atoms with Crippen molar-refractivity contribution >= 4 is 22.7 Å². The maximum atomic E-state index is 9.93. The summed E-state index contributed by atoms with van der Waals surface area (Å²) in [7, 11) is 0. The number of aliphatic hydroxyl groups excluding tert-OH is 1. The van der Waals surface area contributed by atoms with Gasteiger partial charge in [-0.1, -0.05) is 0 Å². The van der Waals surface area contributed by atoms with Crippen LogP contribution >= 0.6 is 0 Å². The molecule has 10 nitrogen and oxygen atoms in total. The van der Waals surface area contributed by atoms with Gasteiger partial charge in [-0.3, -0.25) is 10.1 Å². The van der Waals surface area contributed by atoms with E-state index in [9.17, 15) is 5.11 Å². The third-order valence-electron chi connectivity index (χ3n) is 6.83. The Balaban J connectivity index is 1.52. The number of aryl methyl sites for hydroxylation is 1. The molecule has 6 rings (SSSR count). The number of aromatic amines is 1. The van der Waals surface area contributed by atoms with Gasteiger partial charge >= 0.3 is 0 Å². The normalized spacial score (nSPS) is 20.7. The number of β-amino-alcohol motifs (C(OH)–C–C–N with tert-alkyl or cyclic N) is 1. The van der Waals surface area contributed by atoms with E-state index < -0.39 is 0 Å². The van der Waals surface area contributed by atoms with Crippen LogP contribution in [-0.4, -0.2) is 80.2 Å². The average molecular weight is 473 g/mol. The largest absolute Gasteiger partial charge is 0.391 e. The molecule has 180 valence electrons. The Morgan fingerprint density at radius 1 is 1.11 bits per heavy atom. The van der Waals surface area contributed by atoms with Crippen molar-refractivity contribution in [3.63, 3.8) is 0 Å². The highest BCUT2D eigenvalue weighted by Crippen LogP contribution is 2.36. The molecular formula is C25H28N8O2. The zero-order valence-electron chi connectivity index (χ0n) is 19.8. The quantitative estimate of drug-likeness (QED) is 0.462. The van der Waals surface area contributed by atoms with Gasteiger partial charge in [0.1, 0.15) is 17.0 Å². The number of H-pyrrole nitrogens is 1. The summed E-state index contributed by atoms with van der Waals surface area (Å²) in [5, 5.41) is 18.1. The van der Waals surface area contributed by atoms with Crippen LogP contribution < -0.4 is 9.80 Å². The Bertz CT molecular complexity index is 1360. The third kappa shape index (κ3) is 3.98. The molecule has 0 saturated carbocycles. The second kappa shape index (κ2) is 8.86. The number of rotatable bonds is 4. The number of ether oxygens (including phenoxy) is 1. The molecule has 0 aromatic carbocycles. The Morgan fingerprint density at radius 2 is 2.03 bits per heavy atom. The maximum Gasteiger partial charge on any atom is 0.225 e. The number of hydrogen-bond acceptors (Lipinski definition) is 9. The fraction of sp³-hybridized carbons (Fsp3) is 0.400.